The Labute approximate surface area is 150 Å². The van der Waals surface area contributed by atoms with Crippen molar-refractivity contribution in [1.82, 2.24) is 0 Å². The molecule has 0 amide bonds. The molecule has 0 bridgehead atoms. The number of rotatable bonds is 6. The van der Waals surface area contributed by atoms with Gasteiger partial charge in [0.2, 0.25) is 0 Å². The molecule has 0 radical (unpaired) electrons. The Kier molecular flexibility index (Phi) is 6.02. The number of hydrogen-bond acceptors (Lipinski definition) is 5. The second-order valence-electron chi connectivity index (χ2n) is 6.24. The minimum Gasteiger partial charge on any atom is -0.482 e. The zero-order valence-corrected chi connectivity index (χ0v) is 15.4. The third kappa shape index (κ3) is 5.98. The highest BCUT2D eigenvalue weighted by Gasteiger charge is 2.16. The Bertz CT molecular complexity index is 713. The van der Waals surface area contributed by atoms with Crippen LogP contribution in [0.15, 0.2) is 36.4 Å². The van der Waals surface area contributed by atoms with E-state index in [1.54, 1.807) is 18.2 Å². The van der Waals surface area contributed by atoms with E-state index in [9.17, 15) is 9.59 Å². The lowest BCUT2D eigenvalue weighted by Gasteiger charge is -2.19. The van der Waals surface area contributed by atoms with Crippen molar-refractivity contribution in [1.29, 1.82) is 0 Å². The third-order valence-electron chi connectivity index (χ3n) is 2.93. The highest BCUT2D eigenvalue weighted by atomic mass is 35.5. The Morgan fingerprint density at radius 3 is 2.29 bits per heavy atom. The SMILES string of the molecule is CC(C)(C)OC(=O)COc1ccc(Cc2ccc(C(=O)Cl)s2)cc1. The van der Waals surface area contributed by atoms with Gasteiger partial charge in [0.05, 0.1) is 4.88 Å². The standard InChI is InChI=1S/C18H19ClO4S/c1-18(2,3)23-16(20)11-22-13-6-4-12(5-7-13)10-14-8-9-15(24-14)17(19)21/h4-9H,10-11H2,1-3H3. The molecule has 1 aromatic heterocycles. The fourth-order valence-corrected chi connectivity index (χ4v) is 3.05. The molecule has 6 heteroatoms. The number of carbonyl (C=O) groups excluding carboxylic acids is 2. The average molecular weight is 367 g/mol. The zero-order chi connectivity index (χ0) is 17.7. The third-order valence-corrected chi connectivity index (χ3v) is 4.33. The van der Waals surface area contributed by atoms with Gasteiger partial charge < -0.3 is 9.47 Å². The molecule has 1 aromatic carbocycles. The molecule has 0 atom stereocenters. The summed E-state index contributed by atoms with van der Waals surface area (Å²) in [4.78, 5) is 24.3. The van der Waals surface area contributed by atoms with Gasteiger partial charge in [-0.3, -0.25) is 4.79 Å². The van der Waals surface area contributed by atoms with Gasteiger partial charge in [-0.2, -0.15) is 0 Å². The first-order valence-electron chi connectivity index (χ1n) is 7.45. The van der Waals surface area contributed by atoms with Gasteiger partial charge in [-0.1, -0.05) is 12.1 Å². The molecule has 128 valence electrons. The van der Waals surface area contributed by atoms with Gasteiger partial charge in [0.1, 0.15) is 11.4 Å². The highest BCUT2D eigenvalue weighted by Crippen LogP contribution is 2.22. The second-order valence-corrected chi connectivity index (χ2v) is 7.75. The smallest absolute Gasteiger partial charge is 0.344 e. The summed E-state index contributed by atoms with van der Waals surface area (Å²) in [5.74, 6) is 0.204. The van der Waals surface area contributed by atoms with Crippen molar-refractivity contribution in [3.05, 3.63) is 51.7 Å². The van der Waals surface area contributed by atoms with Crippen molar-refractivity contribution in [3.8, 4) is 5.75 Å². The van der Waals surface area contributed by atoms with Gasteiger partial charge in [0.25, 0.3) is 5.24 Å². The van der Waals surface area contributed by atoms with E-state index in [2.05, 4.69) is 0 Å². The maximum Gasteiger partial charge on any atom is 0.344 e. The summed E-state index contributed by atoms with van der Waals surface area (Å²) in [6.07, 6.45) is 0.710. The fourth-order valence-electron chi connectivity index (χ4n) is 2.00. The lowest BCUT2D eigenvalue weighted by atomic mass is 10.1. The maximum absolute atomic E-state index is 11.6. The van der Waals surface area contributed by atoms with Crippen LogP contribution in [0.3, 0.4) is 0 Å². The second kappa shape index (κ2) is 7.81. The Hall–Kier alpha value is -1.85. The average Bonchev–Trinajstić information content (AvgIpc) is 2.93. The molecule has 2 rings (SSSR count). The molecule has 0 aliphatic carbocycles. The molecular weight excluding hydrogens is 348 g/mol. The number of ether oxygens (including phenoxy) is 2. The first-order valence-corrected chi connectivity index (χ1v) is 8.64. The van der Waals surface area contributed by atoms with E-state index in [1.807, 2.05) is 39.0 Å². The molecule has 0 unspecified atom stereocenters. The number of benzene rings is 1. The van der Waals surface area contributed by atoms with Gasteiger partial charge in [-0.25, -0.2) is 4.79 Å². The van der Waals surface area contributed by atoms with Gasteiger partial charge in [0.15, 0.2) is 6.61 Å². The van der Waals surface area contributed by atoms with Crippen molar-refractivity contribution >= 4 is 34.1 Å². The minimum atomic E-state index is -0.520. The van der Waals surface area contributed by atoms with Crippen LogP contribution in [0.5, 0.6) is 5.75 Å². The fraction of sp³-hybridized carbons (Fsp3) is 0.333. The largest absolute Gasteiger partial charge is 0.482 e. The van der Waals surface area contributed by atoms with E-state index < -0.39 is 16.8 Å². The van der Waals surface area contributed by atoms with Crippen LogP contribution in [-0.2, 0) is 16.0 Å². The molecule has 0 N–H and O–H groups in total. The summed E-state index contributed by atoms with van der Waals surface area (Å²) in [6.45, 7) is 5.32. The monoisotopic (exact) mass is 366 g/mol. The summed E-state index contributed by atoms with van der Waals surface area (Å²) in [6, 6.07) is 11.1. The van der Waals surface area contributed by atoms with E-state index in [4.69, 9.17) is 21.1 Å². The summed E-state index contributed by atoms with van der Waals surface area (Å²) in [5.41, 5.74) is 0.559. The van der Waals surface area contributed by atoms with Crippen LogP contribution in [0, 0.1) is 0 Å². The Morgan fingerprint density at radius 2 is 1.75 bits per heavy atom. The molecule has 0 fully saturated rings. The van der Waals surface area contributed by atoms with E-state index in [-0.39, 0.29) is 6.61 Å². The van der Waals surface area contributed by atoms with Crippen molar-refractivity contribution in [2.24, 2.45) is 0 Å². The first kappa shape index (κ1) is 18.5. The number of esters is 1. The predicted molar refractivity (Wildman–Crippen MR) is 95.1 cm³/mol. The van der Waals surface area contributed by atoms with Gasteiger partial charge in [-0.15, -0.1) is 11.3 Å². The van der Waals surface area contributed by atoms with Gasteiger partial charge >= 0.3 is 5.97 Å². The van der Waals surface area contributed by atoms with Crippen LogP contribution in [0.4, 0.5) is 0 Å². The number of halogens is 1. The summed E-state index contributed by atoms with van der Waals surface area (Å²) < 4.78 is 10.6. The zero-order valence-electron chi connectivity index (χ0n) is 13.8. The van der Waals surface area contributed by atoms with E-state index in [0.717, 1.165) is 10.4 Å². The summed E-state index contributed by atoms with van der Waals surface area (Å²) in [7, 11) is 0. The molecule has 0 spiro atoms. The minimum absolute atomic E-state index is 0.122. The number of carbonyl (C=O) groups is 2. The van der Waals surface area contributed by atoms with Crippen molar-refractivity contribution in [3.63, 3.8) is 0 Å². The van der Waals surface area contributed by atoms with Gasteiger partial charge in [0, 0.05) is 11.3 Å². The topological polar surface area (TPSA) is 52.6 Å². The van der Waals surface area contributed by atoms with Crippen LogP contribution >= 0.6 is 22.9 Å². The number of hydrogen-bond donors (Lipinski definition) is 0. The van der Waals surface area contributed by atoms with Crippen LogP contribution in [0.25, 0.3) is 0 Å². The van der Waals surface area contributed by atoms with Crippen LogP contribution in [0.1, 0.15) is 40.9 Å². The molecule has 0 aliphatic rings. The van der Waals surface area contributed by atoms with E-state index in [1.165, 1.54) is 11.3 Å². The van der Waals surface area contributed by atoms with E-state index >= 15 is 0 Å². The highest BCUT2D eigenvalue weighted by molar-refractivity contribution is 7.15. The van der Waals surface area contributed by atoms with Crippen LogP contribution in [0.2, 0.25) is 0 Å². The van der Waals surface area contributed by atoms with Crippen molar-refractivity contribution in [2.45, 2.75) is 32.8 Å². The lowest BCUT2D eigenvalue weighted by Crippen LogP contribution is -2.27. The quantitative estimate of drug-likeness (QED) is 0.560. The molecule has 0 saturated heterocycles. The molecule has 24 heavy (non-hydrogen) atoms. The van der Waals surface area contributed by atoms with Gasteiger partial charge in [-0.05, 0) is 62.2 Å². The molecule has 0 aliphatic heterocycles. The van der Waals surface area contributed by atoms with E-state index in [0.29, 0.717) is 17.0 Å². The predicted octanol–water partition coefficient (Wildman–Crippen LogP) is 4.44. The lowest BCUT2D eigenvalue weighted by molar-refractivity contribution is -0.157. The first-order chi connectivity index (χ1) is 11.2. The molecule has 4 nitrogen and oxygen atoms in total. The Balaban J connectivity index is 1.88. The summed E-state index contributed by atoms with van der Waals surface area (Å²) >= 11 is 6.84. The summed E-state index contributed by atoms with van der Waals surface area (Å²) in [5, 5.41) is -0.433. The van der Waals surface area contributed by atoms with Crippen molar-refractivity contribution in [2.75, 3.05) is 6.61 Å². The van der Waals surface area contributed by atoms with Crippen LogP contribution < -0.4 is 4.74 Å². The Morgan fingerprint density at radius 1 is 1.08 bits per heavy atom. The molecule has 1 heterocycles. The van der Waals surface area contributed by atoms with Crippen molar-refractivity contribution < 1.29 is 19.1 Å². The normalized spacial score (nSPS) is 11.2. The molecule has 0 saturated carbocycles. The molecule has 2 aromatic rings. The molecular formula is C18H19ClO4S. The van der Waals surface area contributed by atoms with Crippen LogP contribution in [-0.4, -0.2) is 23.4 Å². The maximum atomic E-state index is 11.6. The number of thiophene rings is 1.